The van der Waals surface area contributed by atoms with Crippen LogP contribution in [0.25, 0.3) is 0 Å². The number of hydrogen-bond acceptors (Lipinski definition) is 5. The predicted octanol–water partition coefficient (Wildman–Crippen LogP) is 3.01. The number of rotatable bonds is 10. The molecule has 0 bridgehead atoms. The van der Waals surface area contributed by atoms with Gasteiger partial charge in [-0.15, -0.1) is 12.4 Å². The number of methoxy groups -OCH3 is 2. The Bertz CT molecular complexity index is 666. The number of aryl methyl sites for hydroxylation is 1. The van der Waals surface area contributed by atoms with Gasteiger partial charge in [0.25, 0.3) is 0 Å². The minimum Gasteiger partial charge on any atom is -0.493 e. The van der Waals surface area contributed by atoms with Crippen molar-refractivity contribution in [3.05, 3.63) is 53.6 Å². The first-order chi connectivity index (χ1) is 12.1. The van der Waals surface area contributed by atoms with Crippen LogP contribution < -0.4 is 19.5 Å². The van der Waals surface area contributed by atoms with Gasteiger partial charge < -0.3 is 24.6 Å². The van der Waals surface area contributed by atoms with Gasteiger partial charge in [0, 0.05) is 6.54 Å². The minimum absolute atomic E-state index is 0. The molecule has 0 saturated heterocycles. The molecule has 26 heavy (non-hydrogen) atoms. The summed E-state index contributed by atoms with van der Waals surface area (Å²) in [4.78, 5) is 0. The number of para-hydroxylation sites is 1. The number of ether oxygens (including phenoxy) is 3. The monoisotopic (exact) mass is 381 g/mol. The summed E-state index contributed by atoms with van der Waals surface area (Å²) in [6.07, 6.45) is 0.288. The molecule has 144 valence electrons. The molecule has 0 aromatic heterocycles. The van der Waals surface area contributed by atoms with Crippen LogP contribution in [0.1, 0.15) is 11.1 Å². The molecule has 1 atom stereocenters. The Hall–Kier alpha value is -1.95. The van der Waals surface area contributed by atoms with Gasteiger partial charge in [-0.3, -0.25) is 0 Å². The van der Waals surface area contributed by atoms with Crippen molar-refractivity contribution in [1.29, 1.82) is 0 Å². The topological polar surface area (TPSA) is 60.0 Å². The first-order valence-electron chi connectivity index (χ1n) is 8.42. The van der Waals surface area contributed by atoms with Crippen LogP contribution in [0.5, 0.6) is 17.2 Å². The Labute approximate surface area is 161 Å². The summed E-state index contributed by atoms with van der Waals surface area (Å²) >= 11 is 0. The fourth-order valence-electron chi connectivity index (χ4n) is 2.50. The molecule has 2 aromatic carbocycles. The highest BCUT2D eigenvalue weighted by atomic mass is 35.5. The van der Waals surface area contributed by atoms with E-state index in [0.29, 0.717) is 6.54 Å². The molecule has 0 saturated carbocycles. The molecule has 1 unspecified atom stereocenters. The third-order valence-corrected chi connectivity index (χ3v) is 3.94. The van der Waals surface area contributed by atoms with Gasteiger partial charge in [-0.25, -0.2) is 0 Å². The van der Waals surface area contributed by atoms with Gasteiger partial charge in [0.05, 0.1) is 14.2 Å². The molecule has 6 heteroatoms. The van der Waals surface area contributed by atoms with Crippen molar-refractivity contribution in [3.8, 4) is 17.2 Å². The van der Waals surface area contributed by atoms with Crippen LogP contribution in [0.2, 0.25) is 0 Å². The van der Waals surface area contributed by atoms with E-state index in [1.54, 1.807) is 14.2 Å². The van der Waals surface area contributed by atoms with Crippen molar-refractivity contribution in [1.82, 2.24) is 5.32 Å². The molecular formula is C20H28ClNO4. The number of benzene rings is 2. The summed E-state index contributed by atoms with van der Waals surface area (Å²) in [6, 6.07) is 13.7. The van der Waals surface area contributed by atoms with Crippen molar-refractivity contribution in [2.24, 2.45) is 0 Å². The number of halogens is 1. The van der Waals surface area contributed by atoms with E-state index in [9.17, 15) is 5.11 Å². The molecule has 0 radical (unpaired) electrons. The van der Waals surface area contributed by atoms with Crippen LogP contribution in [0.15, 0.2) is 42.5 Å². The lowest BCUT2D eigenvalue weighted by Gasteiger charge is -2.15. The van der Waals surface area contributed by atoms with Gasteiger partial charge in [-0.05, 0) is 49.2 Å². The summed E-state index contributed by atoms with van der Waals surface area (Å²) in [5.74, 6) is 2.27. The van der Waals surface area contributed by atoms with E-state index in [-0.39, 0.29) is 19.0 Å². The zero-order chi connectivity index (χ0) is 18.1. The lowest BCUT2D eigenvalue weighted by molar-refractivity contribution is 0.106. The van der Waals surface area contributed by atoms with E-state index in [2.05, 4.69) is 5.32 Å². The van der Waals surface area contributed by atoms with Crippen molar-refractivity contribution in [2.45, 2.75) is 19.4 Å². The SMILES string of the molecule is COc1ccc(CCNCC(O)COc2ccccc2C)cc1OC.Cl. The van der Waals surface area contributed by atoms with Crippen molar-refractivity contribution >= 4 is 12.4 Å². The lowest BCUT2D eigenvalue weighted by Crippen LogP contribution is -2.32. The molecular weight excluding hydrogens is 354 g/mol. The van der Waals surface area contributed by atoms with E-state index in [4.69, 9.17) is 14.2 Å². The summed E-state index contributed by atoms with van der Waals surface area (Å²) < 4.78 is 16.2. The van der Waals surface area contributed by atoms with Crippen LogP contribution in [-0.2, 0) is 6.42 Å². The van der Waals surface area contributed by atoms with Gasteiger partial charge in [0.2, 0.25) is 0 Å². The van der Waals surface area contributed by atoms with Gasteiger partial charge >= 0.3 is 0 Å². The molecule has 5 nitrogen and oxygen atoms in total. The first kappa shape index (κ1) is 22.1. The van der Waals surface area contributed by atoms with E-state index < -0.39 is 6.10 Å². The minimum atomic E-state index is -0.551. The van der Waals surface area contributed by atoms with Crippen LogP contribution in [-0.4, -0.2) is 45.1 Å². The summed E-state index contributed by atoms with van der Waals surface area (Å²) in [5, 5.41) is 13.3. The maximum absolute atomic E-state index is 10.0. The number of aliphatic hydroxyl groups is 1. The van der Waals surface area contributed by atoms with Crippen LogP contribution >= 0.6 is 12.4 Å². The van der Waals surface area contributed by atoms with Gasteiger partial charge in [0.15, 0.2) is 11.5 Å². The molecule has 0 spiro atoms. The third-order valence-electron chi connectivity index (χ3n) is 3.94. The molecule has 0 amide bonds. The molecule has 0 heterocycles. The Morgan fingerprint density at radius 3 is 2.42 bits per heavy atom. The Morgan fingerprint density at radius 2 is 1.73 bits per heavy atom. The average molecular weight is 382 g/mol. The molecule has 2 rings (SSSR count). The normalized spacial score (nSPS) is 11.4. The highest BCUT2D eigenvalue weighted by Gasteiger charge is 2.07. The van der Waals surface area contributed by atoms with Crippen molar-refractivity contribution in [2.75, 3.05) is 33.9 Å². The van der Waals surface area contributed by atoms with Gasteiger partial charge in [-0.2, -0.15) is 0 Å². The molecule has 0 fully saturated rings. The number of aliphatic hydroxyl groups excluding tert-OH is 1. The fraction of sp³-hybridized carbons (Fsp3) is 0.400. The van der Waals surface area contributed by atoms with Crippen LogP contribution in [0.4, 0.5) is 0 Å². The predicted molar refractivity (Wildman–Crippen MR) is 106 cm³/mol. The zero-order valence-corrected chi connectivity index (χ0v) is 16.3. The molecule has 0 aliphatic rings. The molecule has 2 aromatic rings. The number of nitrogens with one attached hydrogen (secondary N) is 1. The Balaban J connectivity index is 0.00000338. The van der Waals surface area contributed by atoms with Gasteiger partial charge in [0.1, 0.15) is 18.5 Å². The highest BCUT2D eigenvalue weighted by molar-refractivity contribution is 5.85. The van der Waals surface area contributed by atoms with E-state index in [0.717, 1.165) is 41.3 Å². The van der Waals surface area contributed by atoms with Crippen molar-refractivity contribution < 1.29 is 19.3 Å². The maximum Gasteiger partial charge on any atom is 0.160 e. The second kappa shape index (κ2) is 11.6. The van der Waals surface area contributed by atoms with E-state index in [1.807, 2.05) is 49.4 Å². The van der Waals surface area contributed by atoms with Crippen LogP contribution in [0, 0.1) is 6.92 Å². The second-order valence-corrected chi connectivity index (χ2v) is 5.87. The number of hydrogen-bond donors (Lipinski definition) is 2. The standard InChI is InChI=1S/C20H27NO4.ClH/c1-15-6-4-5-7-18(15)25-14-17(22)13-21-11-10-16-8-9-19(23-2)20(12-16)24-3;/h4-9,12,17,21-22H,10-11,13-14H2,1-3H3;1H. The zero-order valence-electron chi connectivity index (χ0n) is 15.5. The molecule has 0 aliphatic heterocycles. The summed E-state index contributed by atoms with van der Waals surface area (Å²) in [6.45, 7) is 3.51. The largest absolute Gasteiger partial charge is 0.493 e. The lowest BCUT2D eigenvalue weighted by atomic mass is 10.1. The quantitative estimate of drug-likeness (QED) is 0.619. The summed E-state index contributed by atoms with van der Waals surface area (Å²) in [5.41, 5.74) is 2.21. The Kier molecular flexibility index (Phi) is 9.88. The van der Waals surface area contributed by atoms with E-state index in [1.165, 1.54) is 0 Å². The third kappa shape index (κ3) is 6.75. The average Bonchev–Trinajstić information content (AvgIpc) is 2.64. The fourth-order valence-corrected chi connectivity index (χ4v) is 2.50. The maximum atomic E-state index is 10.0. The molecule has 0 aliphatic carbocycles. The van der Waals surface area contributed by atoms with Crippen LogP contribution in [0.3, 0.4) is 0 Å². The smallest absolute Gasteiger partial charge is 0.160 e. The highest BCUT2D eigenvalue weighted by Crippen LogP contribution is 2.27. The Morgan fingerprint density at radius 1 is 1.00 bits per heavy atom. The van der Waals surface area contributed by atoms with Crippen molar-refractivity contribution in [3.63, 3.8) is 0 Å². The van der Waals surface area contributed by atoms with E-state index >= 15 is 0 Å². The second-order valence-electron chi connectivity index (χ2n) is 5.87. The molecule has 2 N–H and O–H groups in total. The van der Waals surface area contributed by atoms with Gasteiger partial charge in [-0.1, -0.05) is 24.3 Å². The first-order valence-corrected chi connectivity index (χ1v) is 8.42. The summed E-state index contributed by atoms with van der Waals surface area (Å²) in [7, 11) is 3.25.